The molecule has 2 unspecified atom stereocenters. The Morgan fingerprint density at radius 2 is 2.09 bits per heavy atom. The third-order valence-electron chi connectivity index (χ3n) is 6.78. The van der Waals surface area contributed by atoms with E-state index in [-0.39, 0.29) is 18.7 Å². The monoisotopic (exact) mass is 464 g/mol. The third-order valence-corrected chi connectivity index (χ3v) is 6.78. The van der Waals surface area contributed by atoms with E-state index in [1.807, 2.05) is 6.07 Å². The second-order valence-electron chi connectivity index (χ2n) is 9.15. The van der Waals surface area contributed by atoms with Crippen LogP contribution in [0, 0.1) is 10.8 Å². The summed E-state index contributed by atoms with van der Waals surface area (Å²) in [6.07, 6.45) is 2.00. The van der Waals surface area contributed by atoms with E-state index in [1.54, 1.807) is 12.4 Å². The largest absolute Gasteiger partial charge is 0.372 e. The van der Waals surface area contributed by atoms with E-state index in [2.05, 4.69) is 43.0 Å². The van der Waals surface area contributed by atoms with E-state index in [1.165, 1.54) is 0 Å². The number of rotatable bonds is 6. The van der Waals surface area contributed by atoms with Gasteiger partial charge in [-0.1, -0.05) is 5.18 Å². The predicted octanol–water partition coefficient (Wildman–Crippen LogP) is -0.154. The second kappa shape index (κ2) is 10.3. The highest BCUT2D eigenvalue weighted by Gasteiger charge is 2.40. The zero-order chi connectivity index (χ0) is 23.4. The highest BCUT2D eigenvalue weighted by molar-refractivity contribution is 5.96. The number of pyridine rings is 1. The topological polar surface area (TPSA) is 137 Å². The van der Waals surface area contributed by atoms with Gasteiger partial charge >= 0.3 is 0 Å². The minimum atomic E-state index is -1.29. The van der Waals surface area contributed by atoms with E-state index in [0.29, 0.717) is 5.69 Å². The summed E-state index contributed by atoms with van der Waals surface area (Å²) in [6, 6.07) is 1.86. The van der Waals surface area contributed by atoms with Crippen molar-refractivity contribution in [2.24, 2.45) is 16.8 Å². The number of amides is 1. The summed E-state index contributed by atoms with van der Waals surface area (Å²) in [7, 11) is 2.12. The summed E-state index contributed by atoms with van der Waals surface area (Å²) in [5.41, 5.74) is 7.10. The van der Waals surface area contributed by atoms with Gasteiger partial charge in [-0.15, -0.1) is 4.91 Å². The highest BCUT2D eigenvalue weighted by Crippen LogP contribution is 2.34. The van der Waals surface area contributed by atoms with Gasteiger partial charge in [0.15, 0.2) is 6.17 Å². The molecule has 11 nitrogen and oxygen atoms in total. The minimum absolute atomic E-state index is 0.0674. The fraction of sp³-hybridized carbons (Fsp3) is 0.714. The number of hydrogen-bond acceptors (Lipinski definition) is 10. The maximum Gasteiger partial charge on any atom is 0.234 e. The van der Waals surface area contributed by atoms with Crippen LogP contribution in [0.1, 0.15) is 12.8 Å². The SMILES string of the molecule is CN1CCOC2(CCN(c3ccncc3NC(=O)C(C(N)N=O)C3NCC(F)CN3)CC2)C1. The van der Waals surface area contributed by atoms with Crippen molar-refractivity contribution in [3.8, 4) is 0 Å². The average molecular weight is 465 g/mol. The lowest BCUT2D eigenvalue weighted by Gasteiger charge is -2.47. The van der Waals surface area contributed by atoms with E-state index < -0.39 is 30.3 Å². The minimum Gasteiger partial charge on any atom is -0.372 e. The van der Waals surface area contributed by atoms with Gasteiger partial charge in [0, 0.05) is 45.5 Å². The number of ether oxygens (including phenoxy) is 1. The van der Waals surface area contributed by atoms with Crippen molar-refractivity contribution >= 4 is 17.3 Å². The number of carbonyl (C=O) groups is 1. The summed E-state index contributed by atoms with van der Waals surface area (Å²) in [6.45, 7) is 4.30. The van der Waals surface area contributed by atoms with Crippen LogP contribution in [-0.2, 0) is 9.53 Å². The Kier molecular flexibility index (Phi) is 7.49. The quantitative estimate of drug-likeness (QED) is 0.423. The average Bonchev–Trinajstić information content (AvgIpc) is 2.81. The molecule has 3 aliphatic heterocycles. The number of alkyl halides is 1. The molecule has 0 aromatic carbocycles. The van der Waals surface area contributed by atoms with Crippen LogP contribution in [0.4, 0.5) is 15.8 Å². The lowest BCUT2D eigenvalue weighted by molar-refractivity contribution is -0.122. The molecule has 12 heteroatoms. The number of carbonyl (C=O) groups excluding carboxylic acids is 1. The lowest BCUT2D eigenvalue weighted by atomic mass is 9.89. The highest BCUT2D eigenvalue weighted by atomic mass is 19.1. The molecule has 1 spiro atoms. The van der Waals surface area contributed by atoms with Gasteiger partial charge in [-0.25, -0.2) is 4.39 Å². The number of morpholine rings is 1. The number of nitrogens with zero attached hydrogens (tertiary/aromatic N) is 4. The second-order valence-corrected chi connectivity index (χ2v) is 9.15. The Labute approximate surface area is 192 Å². The van der Waals surface area contributed by atoms with Gasteiger partial charge in [0.1, 0.15) is 12.1 Å². The Balaban J connectivity index is 1.45. The van der Waals surface area contributed by atoms with Gasteiger partial charge in [0.05, 0.1) is 35.9 Å². The molecule has 1 aromatic heterocycles. The first-order chi connectivity index (χ1) is 15.9. The molecule has 0 bridgehead atoms. The van der Waals surface area contributed by atoms with Crippen molar-refractivity contribution in [3.05, 3.63) is 23.4 Å². The first kappa shape index (κ1) is 23.9. The molecule has 182 valence electrons. The molecule has 0 saturated carbocycles. The molecule has 4 rings (SSSR count). The summed E-state index contributed by atoms with van der Waals surface area (Å²) < 4.78 is 19.7. The number of likely N-dealkylation sites (N-methyl/N-ethyl adjacent to an activating group) is 1. The molecule has 3 aliphatic rings. The van der Waals surface area contributed by atoms with E-state index in [9.17, 15) is 14.1 Å². The summed E-state index contributed by atoms with van der Waals surface area (Å²) in [5, 5.41) is 11.5. The molecule has 33 heavy (non-hydrogen) atoms. The van der Waals surface area contributed by atoms with E-state index in [4.69, 9.17) is 10.5 Å². The van der Waals surface area contributed by atoms with Crippen LogP contribution in [0.25, 0.3) is 0 Å². The normalized spacial score (nSPS) is 27.7. The third kappa shape index (κ3) is 5.46. The molecule has 0 radical (unpaired) electrons. The van der Waals surface area contributed by atoms with Gasteiger partial charge in [-0.3, -0.25) is 20.4 Å². The number of nitrogens with two attached hydrogens (primary N) is 1. The molecule has 2 atom stereocenters. The van der Waals surface area contributed by atoms with Crippen molar-refractivity contribution in [1.29, 1.82) is 0 Å². The Morgan fingerprint density at radius 3 is 2.76 bits per heavy atom. The Morgan fingerprint density at radius 1 is 1.36 bits per heavy atom. The molecule has 0 aliphatic carbocycles. The predicted molar refractivity (Wildman–Crippen MR) is 122 cm³/mol. The first-order valence-corrected chi connectivity index (χ1v) is 11.4. The van der Waals surface area contributed by atoms with Crippen LogP contribution < -0.4 is 26.6 Å². The van der Waals surface area contributed by atoms with Gasteiger partial charge < -0.3 is 25.6 Å². The number of nitrogens with one attached hydrogen (secondary N) is 3. The van der Waals surface area contributed by atoms with E-state index in [0.717, 1.165) is 51.3 Å². The van der Waals surface area contributed by atoms with Crippen molar-refractivity contribution in [2.45, 2.75) is 36.9 Å². The smallest absolute Gasteiger partial charge is 0.234 e. The summed E-state index contributed by atoms with van der Waals surface area (Å²) >= 11 is 0. The number of hydrogen-bond donors (Lipinski definition) is 4. The van der Waals surface area contributed by atoms with Crippen molar-refractivity contribution in [1.82, 2.24) is 20.5 Å². The number of piperidine rings is 1. The first-order valence-electron chi connectivity index (χ1n) is 11.4. The van der Waals surface area contributed by atoms with Crippen molar-refractivity contribution < 1.29 is 13.9 Å². The molecule has 4 heterocycles. The Hall–Kier alpha value is -2.25. The van der Waals surface area contributed by atoms with Crippen LogP contribution in [0.5, 0.6) is 0 Å². The number of aromatic nitrogens is 1. The van der Waals surface area contributed by atoms with Crippen molar-refractivity contribution in [3.63, 3.8) is 0 Å². The summed E-state index contributed by atoms with van der Waals surface area (Å²) in [4.78, 5) is 33.0. The zero-order valence-corrected chi connectivity index (χ0v) is 18.9. The molecule has 1 aromatic rings. The molecule has 3 saturated heterocycles. The molecular formula is C21H33FN8O3. The number of anilines is 2. The van der Waals surface area contributed by atoms with Gasteiger partial charge in [-0.05, 0) is 26.0 Å². The number of halogens is 1. The number of nitroso groups, excluding NO2 is 1. The van der Waals surface area contributed by atoms with Gasteiger partial charge in [-0.2, -0.15) is 0 Å². The van der Waals surface area contributed by atoms with E-state index >= 15 is 0 Å². The van der Waals surface area contributed by atoms with Gasteiger partial charge in [0.25, 0.3) is 0 Å². The Bertz CT molecular complexity index is 829. The van der Waals surface area contributed by atoms with Crippen LogP contribution in [0.3, 0.4) is 0 Å². The zero-order valence-electron chi connectivity index (χ0n) is 18.9. The molecule has 5 N–H and O–H groups in total. The molecule has 3 fully saturated rings. The lowest BCUT2D eigenvalue weighted by Crippen LogP contribution is -2.62. The molecular weight excluding hydrogens is 431 g/mol. The fourth-order valence-corrected chi connectivity index (χ4v) is 4.94. The maximum atomic E-state index is 13.5. The standard InChI is InChI=1S/C21H33FN8O3/c1-29-8-9-33-21(13-29)3-6-30(7-4-21)16-2-5-24-12-15(16)27-20(31)17(18(23)28-32)19-25-10-14(22)11-26-19/h2,5,12,14,17-19,25-26H,3-4,6-11,13,23H2,1H3,(H,27,31). The fourth-order valence-electron chi connectivity index (χ4n) is 4.94. The van der Waals surface area contributed by atoms with Crippen LogP contribution in [0.2, 0.25) is 0 Å². The van der Waals surface area contributed by atoms with Crippen molar-refractivity contribution in [2.75, 3.05) is 63.1 Å². The maximum absolute atomic E-state index is 13.5. The van der Waals surface area contributed by atoms with Gasteiger partial charge in [0.2, 0.25) is 5.91 Å². The van der Waals surface area contributed by atoms with Crippen LogP contribution in [0.15, 0.2) is 23.6 Å². The molecule has 1 amide bonds. The summed E-state index contributed by atoms with van der Waals surface area (Å²) in [5.74, 6) is -1.50. The van der Waals surface area contributed by atoms with Crippen LogP contribution >= 0.6 is 0 Å². The van der Waals surface area contributed by atoms with Crippen LogP contribution in [-0.4, -0.2) is 92.8 Å².